The minimum absolute atomic E-state index is 0.131. The van der Waals surface area contributed by atoms with Crippen LogP contribution in [0.2, 0.25) is 5.02 Å². The lowest BCUT2D eigenvalue weighted by Crippen LogP contribution is -2.60. The Kier molecular flexibility index (Phi) is 7.24. The van der Waals surface area contributed by atoms with Crippen molar-refractivity contribution in [2.75, 3.05) is 26.2 Å². The van der Waals surface area contributed by atoms with Gasteiger partial charge in [-0.3, -0.25) is 19.3 Å². The minimum atomic E-state index is -0.940. The SMILES string of the molecule is CCCNC(=O)C1COC2(CCN(C(=O)c3ccccc3Cl)CC2)N1C(=O)c1ccccc1C. The predicted molar refractivity (Wildman–Crippen MR) is 130 cm³/mol. The Hall–Kier alpha value is -2.90. The molecule has 4 rings (SSSR count). The van der Waals surface area contributed by atoms with Crippen molar-refractivity contribution in [3.8, 4) is 0 Å². The molecule has 0 radical (unpaired) electrons. The maximum absolute atomic E-state index is 13.8. The molecule has 7 nitrogen and oxygen atoms in total. The molecule has 2 fully saturated rings. The summed E-state index contributed by atoms with van der Waals surface area (Å²) < 4.78 is 6.23. The van der Waals surface area contributed by atoms with Gasteiger partial charge in [0.1, 0.15) is 11.8 Å². The topological polar surface area (TPSA) is 79.0 Å². The van der Waals surface area contributed by atoms with Gasteiger partial charge in [0.15, 0.2) is 0 Å². The summed E-state index contributed by atoms with van der Waals surface area (Å²) in [4.78, 5) is 43.2. The molecule has 2 aliphatic rings. The summed E-state index contributed by atoms with van der Waals surface area (Å²) in [6.45, 7) is 5.32. The molecule has 8 heteroatoms. The highest BCUT2D eigenvalue weighted by Gasteiger charge is 2.54. The Morgan fingerprint density at radius 3 is 2.32 bits per heavy atom. The number of hydrogen-bond donors (Lipinski definition) is 1. The van der Waals surface area contributed by atoms with Crippen molar-refractivity contribution < 1.29 is 19.1 Å². The third kappa shape index (κ3) is 4.55. The molecule has 3 amide bonds. The summed E-state index contributed by atoms with van der Waals surface area (Å²) in [5.41, 5.74) is 0.908. The van der Waals surface area contributed by atoms with E-state index in [1.54, 1.807) is 40.1 Å². The second-order valence-corrected chi connectivity index (χ2v) is 9.23. The van der Waals surface area contributed by atoms with E-state index in [9.17, 15) is 14.4 Å². The number of likely N-dealkylation sites (tertiary alicyclic amines) is 1. The van der Waals surface area contributed by atoms with E-state index in [0.717, 1.165) is 12.0 Å². The van der Waals surface area contributed by atoms with Gasteiger partial charge >= 0.3 is 0 Å². The van der Waals surface area contributed by atoms with Crippen LogP contribution in [0.3, 0.4) is 0 Å². The molecule has 2 aromatic carbocycles. The van der Waals surface area contributed by atoms with Crippen LogP contribution < -0.4 is 5.32 Å². The molecule has 34 heavy (non-hydrogen) atoms. The number of nitrogens with zero attached hydrogens (tertiary/aromatic N) is 2. The van der Waals surface area contributed by atoms with Crippen LogP contribution in [0.1, 0.15) is 52.5 Å². The summed E-state index contributed by atoms with van der Waals surface area (Å²) >= 11 is 6.23. The van der Waals surface area contributed by atoms with Gasteiger partial charge in [0.2, 0.25) is 5.91 Å². The highest BCUT2D eigenvalue weighted by molar-refractivity contribution is 6.33. The Labute approximate surface area is 205 Å². The standard InChI is InChI=1S/C26H30ClN3O4/c1-3-14-28-23(31)22-17-34-26(30(22)25(33)19-9-5-4-8-18(19)2)12-15-29(16-13-26)24(32)20-10-6-7-11-21(20)27/h4-11,22H,3,12-17H2,1-2H3,(H,28,31). The van der Waals surface area contributed by atoms with Crippen LogP contribution in [-0.2, 0) is 9.53 Å². The fraction of sp³-hybridized carbons (Fsp3) is 0.423. The smallest absolute Gasteiger partial charge is 0.257 e. The molecule has 2 aromatic rings. The number of hydrogen-bond acceptors (Lipinski definition) is 4. The number of carbonyl (C=O) groups excluding carboxylic acids is 3. The second-order valence-electron chi connectivity index (χ2n) is 8.83. The summed E-state index contributed by atoms with van der Waals surface area (Å²) in [5.74, 6) is -0.583. The highest BCUT2D eigenvalue weighted by atomic mass is 35.5. The third-order valence-electron chi connectivity index (χ3n) is 6.64. The Morgan fingerprint density at radius 2 is 1.68 bits per heavy atom. The third-order valence-corrected chi connectivity index (χ3v) is 6.97. The molecule has 2 heterocycles. The van der Waals surface area contributed by atoms with Gasteiger partial charge in [-0.25, -0.2) is 0 Å². The lowest BCUT2D eigenvalue weighted by molar-refractivity contribution is -0.128. The van der Waals surface area contributed by atoms with Gasteiger partial charge in [0.05, 0.1) is 17.2 Å². The minimum Gasteiger partial charge on any atom is -0.354 e. The van der Waals surface area contributed by atoms with E-state index in [-0.39, 0.29) is 24.3 Å². The van der Waals surface area contributed by atoms with Crippen molar-refractivity contribution in [2.45, 2.75) is 44.9 Å². The van der Waals surface area contributed by atoms with Gasteiger partial charge in [0.25, 0.3) is 11.8 Å². The van der Waals surface area contributed by atoms with Gasteiger partial charge in [-0.05, 0) is 37.1 Å². The van der Waals surface area contributed by atoms with Crippen LogP contribution in [0.15, 0.2) is 48.5 Å². The number of piperidine rings is 1. The van der Waals surface area contributed by atoms with E-state index in [1.165, 1.54) is 0 Å². The number of amides is 3. The lowest BCUT2D eigenvalue weighted by Gasteiger charge is -2.44. The lowest BCUT2D eigenvalue weighted by atomic mass is 9.95. The summed E-state index contributed by atoms with van der Waals surface area (Å²) in [5, 5.41) is 3.32. The molecule has 2 aliphatic heterocycles. The largest absolute Gasteiger partial charge is 0.354 e. The summed E-state index contributed by atoms with van der Waals surface area (Å²) in [6, 6.07) is 13.6. The first-order valence-corrected chi connectivity index (χ1v) is 12.1. The fourth-order valence-corrected chi connectivity index (χ4v) is 4.96. The Bertz CT molecular complexity index is 1080. The van der Waals surface area contributed by atoms with E-state index in [1.807, 2.05) is 32.0 Å². The first kappa shape index (κ1) is 24.2. The van der Waals surface area contributed by atoms with Crippen molar-refractivity contribution in [3.05, 3.63) is 70.2 Å². The molecule has 180 valence electrons. The van der Waals surface area contributed by atoms with Gasteiger partial charge in [-0.1, -0.05) is 48.9 Å². The van der Waals surface area contributed by atoms with E-state index in [2.05, 4.69) is 5.32 Å². The van der Waals surface area contributed by atoms with Gasteiger partial charge in [-0.2, -0.15) is 0 Å². The van der Waals surface area contributed by atoms with Crippen LogP contribution in [-0.4, -0.2) is 65.5 Å². The number of ether oxygens (including phenoxy) is 1. The zero-order valence-corrected chi connectivity index (χ0v) is 20.3. The second kappa shape index (κ2) is 10.2. The predicted octanol–water partition coefficient (Wildman–Crippen LogP) is 3.65. The van der Waals surface area contributed by atoms with E-state index in [4.69, 9.17) is 16.3 Å². The zero-order chi connectivity index (χ0) is 24.3. The van der Waals surface area contributed by atoms with Gasteiger partial charge < -0.3 is 15.0 Å². The van der Waals surface area contributed by atoms with Crippen LogP contribution in [0.4, 0.5) is 0 Å². The normalized spacial score (nSPS) is 19.3. The van der Waals surface area contributed by atoms with E-state index < -0.39 is 11.8 Å². The zero-order valence-electron chi connectivity index (χ0n) is 19.6. The molecule has 0 saturated carbocycles. The number of rotatable bonds is 5. The van der Waals surface area contributed by atoms with Crippen LogP contribution >= 0.6 is 11.6 Å². The Morgan fingerprint density at radius 1 is 1.03 bits per heavy atom. The monoisotopic (exact) mass is 483 g/mol. The molecule has 1 N–H and O–H groups in total. The van der Waals surface area contributed by atoms with Crippen molar-refractivity contribution >= 4 is 29.3 Å². The quantitative estimate of drug-likeness (QED) is 0.704. The van der Waals surface area contributed by atoms with Crippen molar-refractivity contribution in [3.63, 3.8) is 0 Å². The highest BCUT2D eigenvalue weighted by Crippen LogP contribution is 2.39. The average Bonchev–Trinajstić information content (AvgIpc) is 3.21. The van der Waals surface area contributed by atoms with Crippen molar-refractivity contribution in [2.24, 2.45) is 0 Å². The molecule has 0 aliphatic carbocycles. The van der Waals surface area contributed by atoms with Crippen molar-refractivity contribution in [1.82, 2.24) is 15.1 Å². The van der Waals surface area contributed by atoms with Gasteiger partial charge in [-0.15, -0.1) is 0 Å². The Balaban J connectivity index is 1.59. The first-order valence-electron chi connectivity index (χ1n) is 11.7. The molecule has 0 bridgehead atoms. The van der Waals surface area contributed by atoms with Crippen LogP contribution in [0, 0.1) is 6.92 Å². The molecule has 2 saturated heterocycles. The molecule has 1 atom stereocenters. The summed E-state index contributed by atoms with van der Waals surface area (Å²) in [7, 11) is 0. The molecular weight excluding hydrogens is 454 g/mol. The van der Waals surface area contributed by atoms with Gasteiger partial charge in [0, 0.05) is 38.0 Å². The van der Waals surface area contributed by atoms with E-state index in [0.29, 0.717) is 48.6 Å². The fourth-order valence-electron chi connectivity index (χ4n) is 4.74. The number of aryl methyl sites for hydroxylation is 1. The van der Waals surface area contributed by atoms with Crippen LogP contribution in [0.5, 0.6) is 0 Å². The maximum Gasteiger partial charge on any atom is 0.257 e. The molecule has 0 aromatic heterocycles. The van der Waals surface area contributed by atoms with Crippen LogP contribution in [0.25, 0.3) is 0 Å². The number of carbonyl (C=O) groups is 3. The number of benzene rings is 2. The van der Waals surface area contributed by atoms with E-state index >= 15 is 0 Å². The average molecular weight is 484 g/mol. The number of nitrogens with one attached hydrogen (secondary N) is 1. The summed E-state index contributed by atoms with van der Waals surface area (Å²) in [6.07, 6.45) is 1.63. The number of halogens is 1. The first-order chi connectivity index (χ1) is 16.4. The molecule has 1 unspecified atom stereocenters. The molecule has 1 spiro atoms. The maximum atomic E-state index is 13.8. The molecular formula is C26H30ClN3O4. The van der Waals surface area contributed by atoms with Crippen molar-refractivity contribution in [1.29, 1.82) is 0 Å².